The Bertz CT molecular complexity index is 321. The fraction of sp³-hybridized carbons (Fsp3) is 0.941. The zero-order valence-electron chi connectivity index (χ0n) is 14.1. The molecule has 0 radical (unpaired) electrons. The first-order valence-electron chi connectivity index (χ1n) is 8.09. The van der Waals surface area contributed by atoms with Crippen molar-refractivity contribution in [3.63, 3.8) is 0 Å². The van der Waals surface area contributed by atoms with Crippen LogP contribution in [0.25, 0.3) is 0 Å². The number of carboxylic acid groups (broad SMARTS) is 1. The minimum absolute atomic E-state index is 0.192. The SMILES string of the molecule is CCC(C)CN(C)C1CC(C(C)(C)C)CCC1C(=O)O. The molecule has 0 amide bonds. The number of carboxylic acids is 1. The lowest BCUT2D eigenvalue weighted by Crippen LogP contribution is -2.48. The van der Waals surface area contributed by atoms with Crippen molar-refractivity contribution in [1.29, 1.82) is 0 Å². The van der Waals surface area contributed by atoms with E-state index in [-0.39, 0.29) is 17.4 Å². The molecule has 1 N–H and O–H groups in total. The molecule has 118 valence electrons. The zero-order valence-corrected chi connectivity index (χ0v) is 14.1. The third-order valence-electron chi connectivity index (χ3n) is 5.22. The van der Waals surface area contributed by atoms with Crippen LogP contribution < -0.4 is 0 Å². The van der Waals surface area contributed by atoms with Gasteiger partial charge in [0.05, 0.1) is 5.92 Å². The maximum atomic E-state index is 11.6. The standard InChI is InChI=1S/C17H33NO2/c1-7-12(2)11-18(6)15-10-13(17(3,4)5)8-9-14(15)16(19)20/h12-15H,7-11H2,1-6H3,(H,19,20). The summed E-state index contributed by atoms with van der Waals surface area (Å²) in [5.41, 5.74) is 0.277. The van der Waals surface area contributed by atoms with Crippen molar-refractivity contribution in [1.82, 2.24) is 4.90 Å². The molecule has 1 fully saturated rings. The van der Waals surface area contributed by atoms with Crippen LogP contribution >= 0.6 is 0 Å². The van der Waals surface area contributed by atoms with Crippen LogP contribution in [-0.2, 0) is 4.79 Å². The summed E-state index contributed by atoms with van der Waals surface area (Å²) in [6.07, 6.45) is 4.05. The highest BCUT2D eigenvalue weighted by molar-refractivity contribution is 5.71. The highest BCUT2D eigenvalue weighted by atomic mass is 16.4. The summed E-state index contributed by atoms with van der Waals surface area (Å²) in [6, 6.07) is 0.194. The first-order chi connectivity index (χ1) is 9.16. The van der Waals surface area contributed by atoms with Gasteiger partial charge in [0.15, 0.2) is 0 Å². The van der Waals surface area contributed by atoms with Gasteiger partial charge in [-0.3, -0.25) is 4.79 Å². The zero-order chi connectivity index (χ0) is 15.5. The summed E-state index contributed by atoms with van der Waals surface area (Å²) < 4.78 is 0. The van der Waals surface area contributed by atoms with Gasteiger partial charge in [0.2, 0.25) is 0 Å². The predicted octanol–water partition coefficient (Wildman–Crippen LogP) is 3.88. The smallest absolute Gasteiger partial charge is 0.308 e. The molecule has 1 aliphatic carbocycles. The van der Waals surface area contributed by atoms with Gasteiger partial charge in [-0.15, -0.1) is 0 Å². The van der Waals surface area contributed by atoms with E-state index in [0.29, 0.717) is 11.8 Å². The quantitative estimate of drug-likeness (QED) is 0.832. The Balaban J connectivity index is 2.80. The Labute approximate surface area is 124 Å². The molecule has 0 saturated heterocycles. The van der Waals surface area contributed by atoms with E-state index in [1.54, 1.807) is 0 Å². The largest absolute Gasteiger partial charge is 0.481 e. The van der Waals surface area contributed by atoms with Crippen molar-refractivity contribution in [2.24, 2.45) is 23.2 Å². The van der Waals surface area contributed by atoms with Crippen molar-refractivity contribution in [3.05, 3.63) is 0 Å². The molecule has 3 heteroatoms. The van der Waals surface area contributed by atoms with Crippen LogP contribution in [0.2, 0.25) is 0 Å². The van der Waals surface area contributed by atoms with Crippen molar-refractivity contribution in [2.45, 2.75) is 66.3 Å². The van der Waals surface area contributed by atoms with E-state index in [1.165, 1.54) is 0 Å². The predicted molar refractivity (Wildman–Crippen MR) is 83.8 cm³/mol. The Morgan fingerprint density at radius 3 is 2.40 bits per heavy atom. The summed E-state index contributed by atoms with van der Waals surface area (Å²) in [4.78, 5) is 13.9. The van der Waals surface area contributed by atoms with Gasteiger partial charge in [0.1, 0.15) is 0 Å². The summed E-state index contributed by atoms with van der Waals surface area (Å²) in [5.74, 6) is 0.452. The van der Waals surface area contributed by atoms with Crippen LogP contribution in [0.1, 0.15) is 60.3 Å². The number of hydrogen-bond donors (Lipinski definition) is 1. The van der Waals surface area contributed by atoms with Crippen LogP contribution in [0.5, 0.6) is 0 Å². The van der Waals surface area contributed by atoms with Gasteiger partial charge in [-0.25, -0.2) is 0 Å². The van der Waals surface area contributed by atoms with Gasteiger partial charge < -0.3 is 10.0 Å². The van der Waals surface area contributed by atoms with Crippen LogP contribution in [0.3, 0.4) is 0 Å². The van der Waals surface area contributed by atoms with E-state index in [2.05, 4.69) is 46.6 Å². The average Bonchev–Trinajstić information content (AvgIpc) is 2.36. The molecule has 4 atom stereocenters. The molecule has 0 aliphatic heterocycles. The summed E-state index contributed by atoms with van der Waals surface area (Å²) in [7, 11) is 2.11. The molecule has 0 bridgehead atoms. The van der Waals surface area contributed by atoms with E-state index >= 15 is 0 Å². The molecule has 4 unspecified atom stereocenters. The first kappa shape index (κ1) is 17.5. The van der Waals surface area contributed by atoms with Crippen molar-refractivity contribution in [2.75, 3.05) is 13.6 Å². The van der Waals surface area contributed by atoms with Gasteiger partial charge in [-0.1, -0.05) is 41.0 Å². The maximum Gasteiger partial charge on any atom is 0.308 e. The van der Waals surface area contributed by atoms with Crippen molar-refractivity contribution < 1.29 is 9.90 Å². The van der Waals surface area contributed by atoms with E-state index < -0.39 is 5.97 Å². The minimum Gasteiger partial charge on any atom is -0.481 e. The number of carbonyl (C=O) groups is 1. The molecule has 0 aromatic carbocycles. The molecule has 1 saturated carbocycles. The van der Waals surface area contributed by atoms with Gasteiger partial charge in [-0.2, -0.15) is 0 Å². The normalized spacial score (nSPS) is 29.4. The summed E-state index contributed by atoms with van der Waals surface area (Å²) in [6.45, 7) is 12.3. The fourth-order valence-electron chi connectivity index (χ4n) is 3.46. The lowest BCUT2D eigenvalue weighted by Gasteiger charge is -2.44. The molecule has 0 spiro atoms. The number of hydrogen-bond acceptors (Lipinski definition) is 2. The Kier molecular flexibility index (Phi) is 6.06. The fourth-order valence-corrected chi connectivity index (χ4v) is 3.46. The third kappa shape index (κ3) is 4.47. The van der Waals surface area contributed by atoms with Crippen LogP contribution in [0.15, 0.2) is 0 Å². The molecule has 1 rings (SSSR count). The second-order valence-corrected chi connectivity index (χ2v) is 7.84. The van der Waals surface area contributed by atoms with Crippen LogP contribution in [0, 0.1) is 23.2 Å². The molecule has 0 aromatic rings. The second-order valence-electron chi connectivity index (χ2n) is 7.84. The number of aliphatic carboxylic acids is 1. The van der Waals surface area contributed by atoms with Gasteiger partial charge in [0, 0.05) is 12.6 Å². The third-order valence-corrected chi connectivity index (χ3v) is 5.22. The molecule has 0 aromatic heterocycles. The summed E-state index contributed by atoms with van der Waals surface area (Å²) in [5, 5.41) is 9.51. The highest BCUT2D eigenvalue weighted by Crippen LogP contribution is 2.41. The molecular formula is C17H33NO2. The Hall–Kier alpha value is -0.570. The summed E-state index contributed by atoms with van der Waals surface area (Å²) >= 11 is 0. The minimum atomic E-state index is -0.613. The Morgan fingerprint density at radius 2 is 1.95 bits per heavy atom. The molecule has 20 heavy (non-hydrogen) atoms. The molecule has 0 heterocycles. The molecular weight excluding hydrogens is 250 g/mol. The second kappa shape index (κ2) is 6.93. The lowest BCUT2D eigenvalue weighted by molar-refractivity contribution is -0.146. The van der Waals surface area contributed by atoms with E-state index in [4.69, 9.17) is 0 Å². The lowest BCUT2D eigenvalue weighted by atomic mass is 9.67. The molecule has 3 nitrogen and oxygen atoms in total. The first-order valence-corrected chi connectivity index (χ1v) is 8.09. The molecule has 1 aliphatic rings. The van der Waals surface area contributed by atoms with Crippen molar-refractivity contribution >= 4 is 5.97 Å². The van der Waals surface area contributed by atoms with Crippen LogP contribution in [0.4, 0.5) is 0 Å². The van der Waals surface area contributed by atoms with Gasteiger partial charge in [0.25, 0.3) is 0 Å². The van der Waals surface area contributed by atoms with E-state index in [9.17, 15) is 9.90 Å². The topological polar surface area (TPSA) is 40.5 Å². The maximum absolute atomic E-state index is 11.6. The number of nitrogens with zero attached hydrogens (tertiary/aromatic N) is 1. The van der Waals surface area contributed by atoms with E-state index in [0.717, 1.165) is 32.2 Å². The van der Waals surface area contributed by atoms with Gasteiger partial charge >= 0.3 is 5.97 Å². The van der Waals surface area contributed by atoms with Crippen molar-refractivity contribution in [3.8, 4) is 0 Å². The number of rotatable bonds is 5. The van der Waals surface area contributed by atoms with E-state index in [1.807, 2.05) is 0 Å². The Morgan fingerprint density at radius 1 is 1.35 bits per heavy atom. The highest BCUT2D eigenvalue weighted by Gasteiger charge is 2.40. The monoisotopic (exact) mass is 283 g/mol. The van der Waals surface area contributed by atoms with Gasteiger partial charge in [-0.05, 0) is 43.6 Å². The average molecular weight is 283 g/mol. The van der Waals surface area contributed by atoms with Crippen LogP contribution in [-0.4, -0.2) is 35.6 Å².